The van der Waals surface area contributed by atoms with Crippen molar-refractivity contribution in [1.82, 2.24) is 9.97 Å². The molecule has 1 aliphatic heterocycles. The zero-order valence-electron chi connectivity index (χ0n) is 13.6. The summed E-state index contributed by atoms with van der Waals surface area (Å²) in [7, 11) is -3.92. The minimum Gasteiger partial charge on any atom is -0.321 e. The maximum atomic E-state index is 12.9. The molecule has 0 saturated heterocycles. The molecular weight excluding hydrogens is 328 g/mol. The summed E-state index contributed by atoms with van der Waals surface area (Å²) >= 11 is 0. The summed E-state index contributed by atoms with van der Waals surface area (Å²) in [4.78, 5) is 20.2. The lowest BCUT2D eigenvalue weighted by Crippen LogP contribution is -2.42. The number of aromatic nitrogens is 2. The van der Waals surface area contributed by atoms with Gasteiger partial charge in [-0.25, -0.2) is 17.7 Å². The second-order valence-corrected chi connectivity index (χ2v) is 8.43. The van der Waals surface area contributed by atoms with Crippen molar-refractivity contribution in [1.29, 1.82) is 0 Å². The molecule has 0 bridgehead atoms. The molecule has 8 heteroatoms. The number of fused-ring (bicyclic) bond motifs is 1. The Morgan fingerprint density at radius 1 is 1.17 bits per heavy atom. The molecule has 0 saturated carbocycles. The van der Waals surface area contributed by atoms with Gasteiger partial charge in [0.15, 0.2) is 5.82 Å². The molecule has 7 nitrogen and oxygen atoms in total. The Hall–Kier alpha value is -2.48. The number of carbonyl (C=O) groups excluding carboxylic acids is 1. The first-order chi connectivity index (χ1) is 11.2. The van der Waals surface area contributed by atoms with E-state index >= 15 is 0 Å². The average Bonchev–Trinajstić information content (AvgIpc) is 2.53. The van der Waals surface area contributed by atoms with Crippen LogP contribution < -0.4 is 9.62 Å². The molecule has 3 rings (SSSR count). The normalized spacial score (nSPS) is 15.0. The van der Waals surface area contributed by atoms with Crippen molar-refractivity contribution in [2.24, 2.45) is 0 Å². The Labute approximate surface area is 140 Å². The Morgan fingerprint density at radius 2 is 1.92 bits per heavy atom. The predicted octanol–water partition coefficient (Wildman–Crippen LogP) is 1.92. The van der Waals surface area contributed by atoms with Crippen LogP contribution in [0.4, 0.5) is 11.5 Å². The van der Waals surface area contributed by atoms with Gasteiger partial charge in [-0.1, -0.05) is 20.8 Å². The number of anilines is 2. The first-order valence-electron chi connectivity index (χ1n) is 7.44. The SMILES string of the molecule is CC(C)(C)c1ccc(S(=O)(=O)N2CC(=O)Nc3cccnc32)cn1. The van der Waals surface area contributed by atoms with Gasteiger partial charge in [-0.3, -0.25) is 9.78 Å². The van der Waals surface area contributed by atoms with Crippen molar-refractivity contribution in [3.05, 3.63) is 42.4 Å². The second kappa shape index (κ2) is 5.55. The third kappa shape index (κ3) is 2.84. The first kappa shape index (κ1) is 16.4. The number of hydrogen-bond acceptors (Lipinski definition) is 5. The number of amides is 1. The van der Waals surface area contributed by atoms with E-state index in [4.69, 9.17) is 0 Å². The summed E-state index contributed by atoms with van der Waals surface area (Å²) in [6, 6.07) is 6.45. The minimum atomic E-state index is -3.92. The van der Waals surface area contributed by atoms with Crippen molar-refractivity contribution in [3.63, 3.8) is 0 Å². The molecule has 2 aromatic rings. The molecule has 0 aliphatic carbocycles. The van der Waals surface area contributed by atoms with Gasteiger partial charge < -0.3 is 5.32 Å². The zero-order chi connectivity index (χ0) is 17.5. The minimum absolute atomic E-state index is 0.0294. The summed E-state index contributed by atoms with van der Waals surface area (Å²) in [5, 5.41) is 2.62. The first-order valence-corrected chi connectivity index (χ1v) is 8.88. The van der Waals surface area contributed by atoms with Gasteiger partial charge in [-0.2, -0.15) is 0 Å². The smallest absolute Gasteiger partial charge is 0.267 e. The van der Waals surface area contributed by atoms with E-state index in [-0.39, 0.29) is 22.7 Å². The van der Waals surface area contributed by atoms with Gasteiger partial charge in [-0.05, 0) is 24.3 Å². The lowest BCUT2D eigenvalue weighted by Gasteiger charge is -2.28. The monoisotopic (exact) mass is 346 g/mol. The maximum Gasteiger partial charge on any atom is 0.267 e. The lowest BCUT2D eigenvalue weighted by molar-refractivity contribution is -0.115. The van der Waals surface area contributed by atoms with Crippen LogP contribution in [0.2, 0.25) is 0 Å². The van der Waals surface area contributed by atoms with Gasteiger partial charge in [-0.15, -0.1) is 0 Å². The van der Waals surface area contributed by atoms with Crippen LogP contribution in [0.5, 0.6) is 0 Å². The highest BCUT2D eigenvalue weighted by atomic mass is 32.2. The van der Waals surface area contributed by atoms with Crippen LogP contribution >= 0.6 is 0 Å². The number of hydrogen-bond donors (Lipinski definition) is 1. The molecule has 1 amide bonds. The van der Waals surface area contributed by atoms with Gasteiger partial charge in [0.25, 0.3) is 10.0 Å². The fraction of sp³-hybridized carbons (Fsp3) is 0.312. The van der Waals surface area contributed by atoms with Crippen LogP contribution in [-0.4, -0.2) is 30.8 Å². The number of sulfonamides is 1. The number of nitrogens with zero attached hydrogens (tertiary/aromatic N) is 3. The van der Waals surface area contributed by atoms with Gasteiger partial charge in [0.2, 0.25) is 5.91 Å². The summed E-state index contributed by atoms with van der Waals surface area (Å²) < 4.78 is 26.9. The number of rotatable bonds is 2. The summed E-state index contributed by atoms with van der Waals surface area (Å²) in [6.07, 6.45) is 2.81. The van der Waals surface area contributed by atoms with E-state index < -0.39 is 15.9 Å². The maximum absolute atomic E-state index is 12.9. The highest BCUT2D eigenvalue weighted by molar-refractivity contribution is 7.92. The van der Waals surface area contributed by atoms with Crippen LogP contribution in [0.1, 0.15) is 26.5 Å². The van der Waals surface area contributed by atoms with Crippen LogP contribution in [0.25, 0.3) is 0 Å². The molecule has 3 heterocycles. The summed E-state index contributed by atoms with van der Waals surface area (Å²) in [5.74, 6) is -0.199. The van der Waals surface area contributed by atoms with Gasteiger partial charge in [0, 0.05) is 23.5 Å². The molecule has 126 valence electrons. The Balaban J connectivity index is 2.04. The molecule has 0 atom stereocenters. The van der Waals surface area contributed by atoms with E-state index in [1.54, 1.807) is 18.2 Å². The van der Waals surface area contributed by atoms with Gasteiger partial charge in [0.1, 0.15) is 11.4 Å². The molecule has 0 radical (unpaired) electrons. The molecular formula is C16H18N4O3S. The lowest BCUT2D eigenvalue weighted by atomic mass is 9.92. The summed E-state index contributed by atoms with van der Waals surface area (Å²) in [5.41, 5.74) is 0.981. The fourth-order valence-electron chi connectivity index (χ4n) is 2.39. The molecule has 2 aromatic heterocycles. The average molecular weight is 346 g/mol. The molecule has 0 spiro atoms. The second-order valence-electron chi connectivity index (χ2n) is 6.56. The zero-order valence-corrected chi connectivity index (χ0v) is 14.5. The highest BCUT2D eigenvalue weighted by Crippen LogP contribution is 2.31. The Morgan fingerprint density at radius 3 is 2.54 bits per heavy atom. The van der Waals surface area contributed by atoms with Crippen molar-refractivity contribution < 1.29 is 13.2 Å². The van der Waals surface area contributed by atoms with E-state index in [1.807, 2.05) is 20.8 Å². The van der Waals surface area contributed by atoms with Crippen LogP contribution in [-0.2, 0) is 20.2 Å². The molecule has 1 N–H and O–H groups in total. The predicted molar refractivity (Wildman–Crippen MR) is 90.3 cm³/mol. The van der Waals surface area contributed by atoms with Crippen molar-refractivity contribution in [2.45, 2.75) is 31.1 Å². The van der Waals surface area contributed by atoms with E-state index in [2.05, 4.69) is 15.3 Å². The van der Waals surface area contributed by atoms with E-state index in [1.165, 1.54) is 18.5 Å². The highest BCUT2D eigenvalue weighted by Gasteiger charge is 2.33. The van der Waals surface area contributed by atoms with Gasteiger partial charge in [0.05, 0.1) is 5.69 Å². The van der Waals surface area contributed by atoms with Crippen LogP contribution in [0, 0.1) is 0 Å². The van der Waals surface area contributed by atoms with Crippen molar-refractivity contribution in [3.8, 4) is 0 Å². The van der Waals surface area contributed by atoms with Gasteiger partial charge >= 0.3 is 0 Å². The number of pyridine rings is 2. The molecule has 24 heavy (non-hydrogen) atoms. The third-order valence-electron chi connectivity index (χ3n) is 3.68. The molecule has 1 aliphatic rings. The van der Waals surface area contributed by atoms with Crippen molar-refractivity contribution in [2.75, 3.05) is 16.2 Å². The number of carbonyl (C=O) groups is 1. The topological polar surface area (TPSA) is 92.3 Å². The molecule has 0 aromatic carbocycles. The molecule has 0 fully saturated rings. The third-order valence-corrected chi connectivity index (χ3v) is 5.40. The quantitative estimate of drug-likeness (QED) is 0.897. The fourth-order valence-corrected chi connectivity index (χ4v) is 3.73. The standard InChI is InChI=1S/C16H18N4O3S/c1-16(2,3)13-7-6-11(9-18-13)24(22,23)20-10-14(21)19-12-5-4-8-17-15(12)20/h4-9H,10H2,1-3H3,(H,19,21). The van der Waals surface area contributed by atoms with E-state index in [0.29, 0.717) is 5.69 Å². The van der Waals surface area contributed by atoms with Crippen LogP contribution in [0.15, 0.2) is 41.6 Å². The summed E-state index contributed by atoms with van der Waals surface area (Å²) in [6.45, 7) is 5.68. The van der Waals surface area contributed by atoms with E-state index in [9.17, 15) is 13.2 Å². The van der Waals surface area contributed by atoms with Crippen molar-refractivity contribution >= 4 is 27.4 Å². The number of nitrogens with one attached hydrogen (secondary N) is 1. The van der Waals surface area contributed by atoms with E-state index in [0.717, 1.165) is 10.00 Å². The largest absolute Gasteiger partial charge is 0.321 e. The Kier molecular flexibility index (Phi) is 3.79. The van der Waals surface area contributed by atoms with Crippen LogP contribution in [0.3, 0.4) is 0 Å². The Bertz CT molecular complexity index is 886. The molecule has 0 unspecified atom stereocenters.